The molecule has 0 bridgehead atoms. The van der Waals surface area contributed by atoms with Crippen LogP contribution in [0.4, 0.5) is 0 Å². The molecular weight excluding hydrogens is 269 g/mol. The third kappa shape index (κ3) is 3.73. The van der Waals surface area contributed by atoms with Gasteiger partial charge in [-0.25, -0.2) is 4.68 Å². The third-order valence-electron chi connectivity index (χ3n) is 2.57. The van der Waals surface area contributed by atoms with E-state index in [1.165, 1.54) is 11.3 Å². The zero-order valence-electron chi connectivity index (χ0n) is 10.8. The molecule has 1 aromatic carbocycles. The van der Waals surface area contributed by atoms with Gasteiger partial charge in [0.25, 0.3) is 0 Å². The van der Waals surface area contributed by atoms with Gasteiger partial charge in [-0.3, -0.25) is 0 Å². The number of hydrogen-bond donors (Lipinski definition) is 1. The van der Waals surface area contributed by atoms with Gasteiger partial charge in [-0.05, 0) is 44.7 Å². The lowest BCUT2D eigenvalue weighted by atomic mass is 10.2. The van der Waals surface area contributed by atoms with Gasteiger partial charge in [-0.15, -0.1) is 24.8 Å². The lowest BCUT2D eigenvalue weighted by Gasteiger charge is -2.05. The minimum absolute atomic E-state index is 0. The van der Waals surface area contributed by atoms with Crippen LogP contribution in [0.15, 0.2) is 30.3 Å². The maximum atomic E-state index is 4.46. The SMILES string of the molecule is CNCc1ccc(-n2nc(C)cc2C)cc1.Cl.Cl. The van der Waals surface area contributed by atoms with Crippen molar-refractivity contribution in [3.8, 4) is 5.69 Å². The predicted octanol–water partition coefficient (Wildman–Crippen LogP) is 3.05. The second-order valence-electron chi connectivity index (χ2n) is 4.04. The zero-order chi connectivity index (χ0) is 11.5. The number of halogens is 2. The molecule has 1 aromatic heterocycles. The van der Waals surface area contributed by atoms with Gasteiger partial charge in [-0.1, -0.05) is 12.1 Å². The van der Waals surface area contributed by atoms with Crippen LogP contribution in [0.2, 0.25) is 0 Å². The van der Waals surface area contributed by atoms with Crippen LogP contribution in [-0.2, 0) is 6.54 Å². The summed E-state index contributed by atoms with van der Waals surface area (Å²) in [5, 5.41) is 7.59. The quantitative estimate of drug-likeness (QED) is 0.940. The molecule has 0 aliphatic heterocycles. The highest BCUT2D eigenvalue weighted by Crippen LogP contribution is 2.12. The second-order valence-corrected chi connectivity index (χ2v) is 4.04. The molecule has 1 heterocycles. The highest BCUT2D eigenvalue weighted by molar-refractivity contribution is 5.85. The molecule has 5 heteroatoms. The van der Waals surface area contributed by atoms with Gasteiger partial charge in [0.05, 0.1) is 11.4 Å². The molecule has 0 radical (unpaired) electrons. The van der Waals surface area contributed by atoms with Gasteiger partial charge in [0.15, 0.2) is 0 Å². The van der Waals surface area contributed by atoms with Gasteiger partial charge in [-0.2, -0.15) is 5.10 Å². The summed E-state index contributed by atoms with van der Waals surface area (Å²) in [6.45, 7) is 4.98. The van der Waals surface area contributed by atoms with Crippen molar-refractivity contribution in [2.45, 2.75) is 20.4 Å². The van der Waals surface area contributed by atoms with Crippen LogP contribution in [0, 0.1) is 13.8 Å². The summed E-state index contributed by atoms with van der Waals surface area (Å²) >= 11 is 0. The summed E-state index contributed by atoms with van der Waals surface area (Å²) in [6.07, 6.45) is 0. The fourth-order valence-corrected chi connectivity index (χ4v) is 1.85. The number of aryl methyl sites for hydroxylation is 2. The topological polar surface area (TPSA) is 29.9 Å². The molecule has 0 saturated heterocycles. The monoisotopic (exact) mass is 287 g/mol. The van der Waals surface area contributed by atoms with Crippen molar-refractivity contribution in [1.82, 2.24) is 15.1 Å². The summed E-state index contributed by atoms with van der Waals surface area (Å²) in [4.78, 5) is 0. The molecule has 0 aliphatic rings. The van der Waals surface area contributed by atoms with Gasteiger partial charge in [0, 0.05) is 12.2 Å². The van der Waals surface area contributed by atoms with E-state index in [1.807, 2.05) is 18.7 Å². The summed E-state index contributed by atoms with van der Waals surface area (Å²) < 4.78 is 1.97. The smallest absolute Gasteiger partial charge is 0.0648 e. The molecule has 2 rings (SSSR count). The Hall–Kier alpha value is -1.03. The Morgan fingerprint density at radius 1 is 1.11 bits per heavy atom. The minimum atomic E-state index is 0. The summed E-state index contributed by atoms with van der Waals surface area (Å²) in [5.74, 6) is 0. The maximum absolute atomic E-state index is 4.46. The molecule has 0 saturated carbocycles. The van der Waals surface area contributed by atoms with E-state index in [-0.39, 0.29) is 24.8 Å². The zero-order valence-corrected chi connectivity index (χ0v) is 12.4. The van der Waals surface area contributed by atoms with Gasteiger partial charge >= 0.3 is 0 Å². The van der Waals surface area contributed by atoms with Gasteiger partial charge < -0.3 is 5.32 Å². The Morgan fingerprint density at radius 2 is 1.72 bits per heavy atom. The third-order valence-corrected chi connectivity index (χ3v) is 2.57. The van der Waals surface area contributed by atoms with Crippen molar-refractivity contribution in [3.05, 3.63) is 47.3 Å². The van der Waals surface area contributed by atoms with Crippen molar-refractivity contribution in [2.24, 2.45) is 0 Å². The first-order valence-electron chi connectivity index (χ1n) is 5.48. The number of aromatic nitrogens is 2. The molecule has 1 N–H and O–H groups in total. The van der Waals surface area contributed by atoms with Crippen LogP contribution < -0.4 is 5.32 Å². The van der Waals surface area contributed by atoms with Crippen LogP contribution in [0.5, 0.6) is 0 Å². The summed E-state index contributed by atoms with van der Waals surface area (Å²) in [7, 11) is 1.95. The Kier molecular flexibility index (Phi) is 6.99. The van der Waals surface area contributed by atoms with Crippen molar-refractivity contribution in [3.63, 3.8) is 0 Å². The van der Waals surface area contributed by atoms with E-state index in [9.17, 15) is 0 Å². The van der Waals surface area contributed by atoms with Crippen molar-refractivity contribution in [1.29, 1.82) is 0 Å². The van der Waals surface area contributed by atoms with Crippen LogP contribution in [-0.4, -0.2) is 16.8 Å². The molecule has 0 amide bonds. The van der Waals surface area contributed by atoms with Gasteiger partial charge in [0.2, 0.25) is 0 Å². The predicted molar refractivity (Wildman–Crippen MR) is 80.3 cm³/mol. The van der Waals surface area contributed by atoms with Crippen LogP contribution in [0.3, 0.4) is 0 Å². The minimum Gasteiger partial charge on any atom is -0.316 e. The highest BCUT2D eigenvalue weighted by atomic mass is 35.5. The standard InChI is InChI=1S/C13H17N3.2ClH/c1-10-8-11(2)16(15-10)13-6-4-12(5-7-13)9-14-3;;/h4-8,14H,9H2,1-3H3;2*1H. The molecule has 0 spiro atoms. The highest BCUT2D eigenvalue weighted by Gasteiger charge is 2.02. The fourth-order valence-electron chi connectivity index (χ4n) is 1.85. The number of nitrogens with zero attached hydrogens (tertiary/aromatic N) is 2. The Labute approximate surface area is 120 Å². The van der Waals surface area contributed by atoms with Crippen molar-refractivity contribution in [2.75, 3.05) is 7.05 Å². The van der Waals surface area contributed by atoms with Crippen LogP contribution in [0.25, 0.3) is 5.69 Å². The van der Waals surface area contributed by atoms with E-state index < -0.39 is 0 Å². The Morgan fingerprint density at radius 3 is 2.17 bits per heavy atom. The number of rotatable bonds is 3. The normalized spacial score (nSPS) is 9.50. The maximum Gasteiger partial charge on any atom is 0.0648 e. The Balaban J connectivity index is 0.00000144. The van der Waals surface area contributed by atoms with E-state index in [0.29, 0.717) is 0 Å². The average molecular weight is 288 g/mol. The first kappa shape index (κ1) is 17.0. The van der Waals surface area contributed by atoms with Gasteiger partial charge in [0.1, 0.15) is 0 Å². The summed E-state index contributed by atoms with van der Waals surface area (Å²) in [5.41, 5.74) is 4.62. The first-order chi connectivity index (χ1) is 7.70. The van der Waals surface area contributed by atoms with E-state index in [2.05, 4.69) is 47.7 Å². The molecule has 18 heavy (non-hydrogen) atoms. The number of hydrogen-bond acceptors (Lipinski definition) is 2. The van der Waals surface area contributed by atoms with Crippen molar-refractivity contribution < 1.29 is 0 Å². The van der Waals surface area contributed by atoms with Crippen LogP contribution in [0.1, 0.15) is 17.0 Å². The number of benzene rings is 1. The molecule has 3 nitrogen and oxygen atoms in total. The number of nitrogens with one attached hydrogen (secondary N) is 1. The molecule has 2 aromatic rings. The van der Waals surface area contributed by atoms with E-state index in [1.54, 1.807) is 0 Å². The second kappa shape index (κ2) is 7.41. The van der Waals surface area contributed by atoms with Crippen LogP contribution >= 0.6 is 24.8 Å². The largest absolute Gasteiger partial charge is 0.316 e. The van der Waals surface area contributed by atoms with Crippen molar-refractivity contribution >= 4 is 24.8 Å². The fraction of sp³-hybridized carbons (Fsp3) is 0.308. The molecule has 0 fully saturated rings. The molecule has 0 aliphatic carbocycles. The lowest BCUT2D eigenvalue weighted by molar-refractivity contribution is 0.810. The van der Waals surface area contributed by atoms with E-state index in [4.69, 9.17) is 0 Å². The summed E-state index contributed by atoms with van der Waals surface area (Å²) in [6, 6.07) is 10.5. The first-order valence-corrected chi connectivity index (χ1v) is 5.48. The molecular formula is C13H19Cl2N3. The Bertz CT molecular complexity index is 477. The molecule has 0 unspecified atom stereocenters. The van der Waals surface area contributed by atoms with E-state index >= 15 is 0 Å². The average Bonchev–Trinajstić information content (AvgIpc) is 2.59. The molecule has 100 valence electrons. The molecule has 0 atom stereocenters. The lowest BCUT2D eigenvalue weighted by Crippen LogP contribution is -2.05. The van der Waals surface area contributed by atoms with E-state index in [0.717, 1.165) is 17.9 Å².